The van der Waals surface area contributed by atoms with Crippen molar-refractivity contribution in [2.75, 3.05) is 31.1 Å². The molecule has 0 aliphatic carbocycles. The van der Waals surface area contributed by atoms with Gasteiger partial charge in [-0.3, -0.25) is 9.59 Å². The zero-order valence-corrected chi connectivity index (χ0v) is 13.9. The van der Waals surface area contributed by atoms with Crippen LogP contribution in [-0.2, 0) is 6.18 Å². The zero-order valence-electron chi connectivity index (χ0n) is 13.9. The van der Waals surface area contributed by atoms with E-state index >= 15 is 0 Å². The van der Waals surface area contributed by atoms with Crippen molar-refractivity contribution in [2.45, 2.75) is 13.1 Å². The van der Waals surface area contributed by atoms with E-state index in [1.54, 1.807) is 9.80 Å². The molecule has 10 heteroatoms. The molecule has 1 N–H and O–H groups in total. The van der Waals surface area contributed by atoms with E-state index in [-0.39, 0.29) is 23.1 Å². The topological polar surface area (TPSA) is 82.2 Å². The van der Waals surface area contributed by atoms with Gasteiger partial charge in [0.05, 0.1) is 5.56 Å². The van der Waals surface area contributed by atoms with E-state index in [1.165, 1.54) is 25.3 Å². The lowest BCUT2D eigenvalue weighted by molar-refractivity contribution is -0.141. The summed E-state index contributed by atoms with van der Waals surface area (Å²) in [6.45, 7) is 2.78. The molecule has 0 unspecified atom stereocenters. The molecule has 1 aliphatic rings. The molecule has 0 aromatic carbocycles. The first-order valence-electron chi connectivity index (χ1n) is 7.90. The molecule has 2 aromatic heterocycles. The van der Waals surface area contributed by atoms with Gasteiger partial charge in [0, 0.05) is 44.5 Å². The number of anilines is 1. The number of carbonyl (C=O) groups is 1. The number of carbonyl (C=O) groups excluding carboxylic acids is 1. The Hall–Kier alpha value is -2.91. The largest absolute Gasteiger partial charge is 0.433 e. The van der Waals surface area contributed by atoms with E-state index in [9.17, 15) is 22.8 Å². The zero-order chi connectivity index (χ0) is 18.9. The Bertz CT molecular complexity index is 852. The first-order chi connectivity index (χ1) is 12.2. The minimum absolute atomic E-state index is 0.0431. The summed E-state index contributed by atoms with van der Waals surface area (Å²) in [4.78, 5) is 36.7. The van der Waals surface area contributed by atoms with Gasteiger partial charge in [0.2, 0.25) is 5.56 Å². The van der Waals surface area contributed by atoms with Crippen LogP contribution in [-0.4, -0.2) is 51.9 Å². The van der Waals surface area contributed by atoms with Crippen molar-refractivity contribution in [1.82, 2.24) is 19.9 Å². The van der Waals surface area contributed by atoms with Gasteiger partial charge < -0.3 is 14.8 Å². The molecule has 1 aliphatic heterocycles. The Morgan fingerprint density at radius 3 is 2.42 bits per heavy atom. The lowest BCUT2D eigenvalue weighted by Gasteiger charge is -2.35. The smallest absolute Gasteiger partial charge is 0.353 e. The van der Waals surface area contributed by atoms with E-state index in [0.29, 0.717) is 31.7 Å². The molecule has 0 bridgehead atoms. The molecule has 7 nitrogen and oxygen atoms in total. The molecule has 1 saturated heterocycles. The Morgan fingerprint density at radius 1 is 1.15 bits per heavy atom. The number of aryl methyl sites for hydroxylation is 1. The van der Waals surface area contributed by atoms with Crippen molar-refractivity contribution in [2.24, 2.45) is 0 Å². The van der Waals surface area contributed by atoms with Crippen molar-refractivity contribution < 1.29 is 18.0 Å². The van der Waals surface area contributed by atoms with Gasteiger partial charge >= 0.3 is 6.18 Å². The summed E-state index contributed by atoms with van der Waals surface area (Å²) in [5, 5.41) is 0. The molecule has 26 heavy (non-hydrogen) atoms. The number of hydrogen-bond acceptors (Lipinski definition) is 5. The van der Waals surface area contributed by atoms with Crippen molar-refractivity contribution in [3.05, 3.63) is 51.8 Å². The van der Waals surface area contributed by atoms with Gasteiger partial charge in [-0.15, -0.1) is 0 Å². The maximum absolute atomic E-state index is 12.9. The molecule has 0 saturated carbocycles. The molecular weight excluding hydrogens is 351 g/mol. The summed E-state index contributed by atoms with van der Waals surface area (Å²) in [5.41, 5.74) is -0.923. The van der Waals surface area contributed by atoms with E-state index < -0.39 is 11.9 Å². The predicted molar refractivity (Wildman–Crippen MR) is 87.0 cm³/mol. The molecule has 0 atom stereocenters. The van der Waals surface area contributed by atoms with Crippen LogP contribution in [0.15, 0.2) is 29.2 Å². The van der Waals surface area contributed by atoms with Crippen LogP contribution in [0.1, 0.15) is 21.9 Å². The first kappa shape index (κ1) is 17.9. The van der Waals surface area contributed by atoms with Crippen LogP contribution in [0.5, 0.6) is 0 Å². The Labute approximate surface area is 146 Å². The van der Waals surface area contributed by atoms with Crippen LogP contribution < -0.4 is 10.5 Å². The quantitative estimate of drug-likeness (QED) is 0.869. The number of pyridine rings is 1. The molecule has 2 aromatic rings. The number of nitrogens with one attached hydrogen (secondary N) is 1. The molecule has 0 spiro atoms. The summed E-state index contributed by atoms with van der Waals surface area (Å²) in [6, 6.07) is 3.63. The Balaban J connectivity index is 1.70. The lowest BCUT2D eigenvalue weighted by atomic mass is 10.2. The van der Waals surface area contributed by atoms with Crippen molar-refractivity contribution in [3.8, 4) is 0 Å². The van der Waals surface area contributed by atoms with Crippen LogP contribution in [0.4, 0.5) is 19.0 Å². The van der Waals surface area contributed by atoms with E-state index in [0.717, 1.165) is 6.07 Å². The summed E-state index contributed by atoms with van der Waals surface area (Å²) in [7, 11) is 0. The third-order valence-corrected chi connectivity index (χ3v) is 4.04. The molecule has 1 fully saturated rings. The average molecular weight is 367 g/mol. The Morgan fingerprint density at radius 2 is 1.85 bits per heavy atom. The maximum atomic E-state index is 12.9. The number of hydrogen-bond donors (Lipinski definition) is 1. The van der Waals surface area contributed by atoms with E-state index in [1.807, 2.05) is 0 Å². The standard InChI is InChI=1S/C16H16F3N5O2/c1-10-21-12(16(17,18)19)8-13(22-10)23-4-6-24(7-5-23)15(26)11-2-3-14(25)20-9-11/h2-3,8-9H,4-7H2,1H3,(H,20,25). The van der Waals surface area contributed by atoms with Gasteiger partial charge in [0.15, 0.2) is 0 Å². The van der Waals surface area contributed by atoms with Gasteiger partial charge in [-0.05, 0) is 13.0 Å². The highest BCUT2D eigenvalue weighted by Crippen LogP contribution is 2.29. The van der Waals surface area contributed by atoms with Crippen molar-refractivity contribution >= 4 is 11.7 Å². The third-order valence-electron chi connectivity index (χ3n) is 4.04. The van der Waals surface area contributed by atoms with Crippen LogP contribution in [0.25, 0.3) is 0 Å². The lowest BCUT2D eigenvalue weighted by Crippen LogP contribution is -2.49. The molecule has 0 radical (unpaired) electrons. The number of aromatic nitrogens is 3. The Kier molecular flexibility index (Phi) is 4.66. The first-order valence-corrected chi connectivity index (χ1v) is 7.90. The fraction of sp³-hybridized carbons (Fsp3) is 0.375. The average Bonchev–Trinajstić information content (AvgIpc) is 2.61. The number of amides is 1. The number of alkyl halides is 3. The predicted octanol–water partition coefficient (Wildman–Crippen LogP) is 1.45. The number of piperazine rings is 1. The minimum Gasteiger partial charge on any atom is -0.353 e. The van der Waals surface area contributed by atoms with Crippen LogP contribution >= 0.6 is 0 Å². The number of aromatic amines is 1. The van der Waals surface area contributed by atoms with Gasteiger partial charge in [-0.25, -0.2) is 9.97 Å². The van der Waals surface area contributed by atoms with Crippen LogP contribution in [0.3, 0.4) is 0 Å². The number of nitrogens with zero attached hydrogens (tertiary/aromatic N) is 4. The summed E-state index contributed by atoms with van der Waals surface area (Å²) < 4.78 is 38.7. The van der Waals surface area contributed by atoms with Gasteiger partial charge in [-0.2, -0.15) is 13.2 Å². The van der Waals surface area contributed by atoms with Crippen LogP contribution in [0, 0.1) is 6.92 Å². The molecule has 3 rings (SSSR count). The SMILES string of the molecule is Cc1nc(N2CCN(C(=O)c3ccc(=O)[nH]c3)CC2)cc(C(F)(F)F)n1. The van der Waals surface area contributed by atoms with Crippen molar-refractivity contribution in [1.29, 1.82) is 0 Å². The van der Waals surface area contributed by atoms with E-state index in [4.69, 9.17) is 0 Å². The van der Waals surface area contributed by atoms with Gasteiger partial charge in [0.1, 0.15) is 17.3 Å². The second kappa shape index (κ2) is 6.77. The second-order valence-corrected chi connectivity index (χ2v) is 5.88. The third kappa shape index (κ3) is 3.84. The maximum Gasteiger partial charge on any atom is 0.433 e. The monoisotopic (exact) mass is 367 g/mol. The molecule has 138 valence electrons. The minimum atomic E-state index is -4.54. The van der Waals surface area contributed by atoms with Gasteiger partial charge in [0.25, 0.3) is 5.91 Å². The summed E-state index contributed by atoms with van der Waals surface area (Å²) in [6.07, 6.45) is -3.19. The normalized spacial score (nSPS) is 15.2. The highest BCUT2D eigenvalue weighted by molar-refractivity contribution is 5.94. The van der Waals surface area contributed by atoms with Crippen molar-refractivity contribution in [3.63, 3.8) is 0 Å². The fourth-order valence-corrected chi connectivity index (χ4v) is 2.72. The van der Waals surface area contributed by atoms with Gasteiger partial charge in [-0.1, -0.05) is 0 Å². The summed E-state index contributed by atoms with van der Waals surface area (Å²) >= 11 is 0. The fourth-order valence-electron chi connectivity index (χ4n) is 2.72. The highest BCUT2D eigenvalue weighted by Gasteiger charge is 2.34. The molecular formula is C16H16F3N5O2. The number of halogens is 3. The second-order valence-electron chi connectivity index (χ2n) is 5.88. The van der Waals surface area contributed by atoms with E-state index in [2.05, 4.69) is 15.0 Å². The number of H-pyrrole nitrogens is 1. The summed E-state index contributed by atoms with van der Waals surface area (Å²) in [5.74, 6) is -0.00159. The molecule has 1 amide bonds. The van der Waals surface area contributed by atoms with Crippen LogP contribution in [0.2, 0.25) is 0 Å². The highest BCUT2D eigenvalue weighted by atomic mass is 19.4. The number of rotatable bonds is 2. The molecule has 3 heterocycles.